The molecule has 0 bridgehead atoms. The van der Waals surface area contributed by atoms with Crippen molar-refractivity contribution >= 4 is 23.6 Å². The number of aryl methyl sites for hydroxylation is 1. The second-order valence-electron chi connectivity index (χ2n) is 7.76. The van der Waals surface area contributed by atoms with E-state index in [0.29, 0.717) is 13.0 Å². The highest BCUT2D eigenvalue weighted by Crippen LogP contribution is 2.22. The molecule has 2 aliphatic heterocycles. The number of hydrogen-bond donors (Lipinski definition) is 0. The van der Waals surface area contributed by atoms with Crippen molar-refractivity contribution in [3.8, 4) is 0 Å². The minimum atomic E-state index is -0.0743. The van der Waals surface area contributed by atoms with Crippen molar-refractivity contribution in [3.05, 3.63) is 47.6 Å². The Morgan fingerprint density at radius 3 is 2.66 bits per heavy atom. The van der Waals surface area contributed by atoms with E-state index in [1.54, 1.807) is 24.1 Å². The van der Waals surface area contributed by atoms with Crippen LogP contribution in [0.5, 0.6) is 0 Å². The number of hydrogen-bond acceptors (Lipinski definition) is 4. The maximum atomic E-state index is 12.5. The summed E-state index contributed by atoms with van der Waals surface area (Å²) in [6, 6.07) is 7.73. The lowest BCUT2D eigenvalue weighted by Crippen LogP contribution is -2.26. The zero-order chi connectivity index (χ0) is 20.2. The Kier molecular flexibility index (Phi) is 5.74. The van der Waals surface area contributed by atoms with Gasteiger partial charge in [-0.05, 0) is 43.0 Å². The summed E-state index contributed by atoms with van der Waals surface area (Å²) >= 11 is 0. The van der Waals surface area contributed by atoms with Crippen LogP contribution in [0.2, 0.25) is 0 Å². The first-order chi connectivity index (χ1) is 14.1. The van der Waals surface area contributed by atoms with Crippen LogP contribution < -0.4 is 4.90 Å². The van der Waals surface area contributed by atoms with Crippen LogP contribution in [0.1, 0.15) is 49.3 Å². The molecule has 4 rings (SSSR count). The molecule has 0 atom stereocenters. The Morgan fingerprint density at radius 1 is 1.07 bits per heavy atom. The molecule has 7 heteroatoms. The lowest BCUT2D eigenvalue weighted by Gasteiger charge is -2.16. The van der Waals surface area contributed by atoms with Crippen molar-refractivity contribution < 1.29 is 9.59 Å². The normalized spacial score (nSPS) is 16.9. The van der Waals surface area contributed by atoms with Crippen LogP contribution in [0.15, 0.2) is 30.3 Å². The maximum Gasteiger partial charge on any atom is 0.246 e. The zero-order valence-electron chi connectivity index (χ0n) is 16.9. The topological polar surface area (TPSA) is 71.3 Å². The summed E-state index contributed by atoms with van der Waals surface area (Å²) < 4.78 is 2.17. The van der Waals surface area contributed by atoms with E-state index in [0.717, 1.165) is 61.7 Å². The van der Waals surface area contributed by atoms with E-state index in [1.165, 1.54) is 6.42 Å². The van der Waals surface area contributed by atoms with Gasteiger partial charge < -0.3 is 14.4 Å². The van der Waals surface area contributed by atoms with Gasteiger partial charge in [0.1, 0.15) is 5.82 Å². The molecule has 7 nitrogen and oxygen atoms in total. The number of carbonyl (C=O) groups is 2. The monoisotopic (exact) mass is 393 g/mol. The maximum absolute atomic E-state index is 12.5. The smallest absolute Gasteiger partial charge is 0.246 e. The van der Waals surface area contributed by atoms with Gasteiger partial charge in [-0.1, -0.05) is 18.6 Å². The Balaban J connectivity index is 1.37. The highest BCUT2D eigenvalue weighted by Gasteiger charge is 2.21. The van der Waals surface area contributed by atoms with Gasteiger partial charge in [0.05, 0.1) is 6.54 Å². The Labute approximate surface area is 171 Å². The van der Waals surface area contributed by atoms with Crippen molar-refractivity contribution in [2.75, 3.05) is 18.5 Å². The standard InChI is InChI=1S/C22H27N5O2/c1-25(16-20-24-23-19-6-3-2-4-14-27(19)20)21(28)13-10-17-8-11-18(12-9-17)26-15-5-7-22(26)29/h8-13H,2-7,14-16H2,1H3/b13-10+. The van der Waals surface area contributed by atoms with Crippen LogP contribution in [-0.4, -0.2) is 45.1 Å². The summed E-state index contributed by atoms with van der Waals surface area (Å²) in [5.41, 5.74) is 1.85. The first kappa shape index (κ1) is 19.4. The molecule has 2 amide bonds. The van der Waals surface area contributed by atoms with E-state index < -0.39 is 0 Å². The van der Waals surface area contributed by atoms with Crippen molar-refractivity contribution in [2.24, 2.45) is 0 Å². The fourth-order valence-electron chi connectivity index (χ4n) is 3.93. The second-order valence-corrected chi connectivity index (χ2v) is 7.76. The molecule has 1 aromatic carbocycles. The van der Waals surface area contributed by atoms with E-state index in [1.807, 2.05) is 29.2 Å². The molecule has 0 aliphatic carbocycles. The van der Waals surface area contributed by atoms with Crippen molar-refractivity contribution in [1.82, 2.24) is 19.7 Å². The predicted molar refractivity (Wildman–Crippen MR) is 111 cm³/mol. The van der Waals surface area contributed by atoms with Gasteiger partial charge in [-0.15, -0.1) is 10.2 Å². The highest BCUT2D eigenvalue weighted by molar-refractivity contribution is 5.95. The molecular formula is C22H27N5O2. The molecule has 29 heavy (non-hydrogen) atoms. The molecule has 152 valence electrons. The average molecular weight is 393 g/mol. The molecule has 1 aromatic heterocycles. The van der Waals surface area contributed by atoms with Gasteiger partial charge in [0, 0.05) is 44.7 Å². The lowest BCUT2D eigenvalue weighted by molar-refractivity contribution is -0.125. The first-order valence-corrected chi connectivity index (χ1v) is 10.4. The molecule has 0 spiro atoms. The SMILES string of the molecule is CN(Cc1nnc2n1CCCCC2)C(=O)/C=C/c1ccc(N2CCCC2=O)cc1. The van der Waals surface area contributed by atoms with Gasteiger partial charge >= 0.3 is 0 Å². The van der Waals surface area contributed by atoms with E-state index in [4.69, 9.17) is 0 Å². The third-order valence-corrected chi connectivity index (χ3v) is 5.64. The fraction of sp³-hybridized carbons (Fsp3) is 0.455. The van der Waals surface area contributed by atoms with Gasteiger partial charge in [-0.2, -0.15) is 0 Å². The number of anilines is 1. The summed E-state index contributed by atoms with van der Waals surface area (Å²) in [7, 11) is 1.78. The Bertz CT molecular complexity index is 916. The molecule has 2 aliphatic rings. The third-order valence-electron chi connectivity index (χ3n) is 5.64. The van der Waals surface area contributed by atoms with Crippen molar-refractivity contribution in [2.45, 2.75) is 51.6 Å². The zero-order valence-corrected chi connectivity index (χ0v) is 16.9. The first-order valence-electron chi connectivity index (χ1n) is 10.4. The fourth-order valence-corrected chi connectivity index (χ4v) is 3.93. The van der Waals surface area contributed by atoms with E-state index >= 15 is 0 Å². The summed E-state index contributed by atoms with van der Waals surface area (Å²) in [5, 5.41) is 8.59. The predicted octanol–water partition coefficient (Wildman–Crippen LogP) is 2.80. The molecule has 0 radical (unpaired) electrons. The van der Waals surface area contributed by atoms with Gasteiger partial charge in [-0.25, -0.2) is 0 Å². The highest BCUT2D eigenvalue weighted by atomic mass is 16.2. The second kappa shape index (κ2) is 8.59. The molecule has 2 aromatic rings. The third kappa shape index (κ3) is 4.39. The quantitative estimate of drug-likeness (QED) is 0.733. The number of fused-ring (bicyclic) bond motifs is 1. The van der Waals surface area contributed by atoms with Gasteiger partial charge in [0.25, 0.3) is 0 Å². The summed E-state index contributed by atoms with van der Waals surface area (Å²) in [5.74, 6) is 1.99. The van der Waals surface area contributed by atoms with Crippen molar-refractivity contribution in [1.29, 1.82) is 0 Å². The average Bonchev–Trinajstić information content (AvgIpc) is 3.24. The Morgan fingerprint density at radius 2 is 1.90 bits per heavy atom. The molecule has 1 saturated heterocycles. The summed E-state index contributed by atoms with van der Waals surface area (Å²) in [6.45, 7) is 2.16. The van der Waals surface area contributed by atoms with Gasteiger partial charge in [-0.3, -0.25) is 9.59 Å². The number of carbonyl (C=O) groups excluding carboxylic acids is 2. The van der Waals surface area contributed by atoms with E-state index in [9.17, 15) is 9.59 Å². The van der Waals surface area contributed by atoms with E-state index in [-0.39, 0.29) is 11.8 Å². The number of rotatable bonds is 5. The largest absolute Gasteiger partial charge is 0.335 e. The number of benzene rings is 1. The number of nitrogens with zero attached hydrogens (tertiary/aromatic N) is 5. The van der Waals surface area contributed by atoms with Crippen LogP contribution in [0.25, 0.3) is 6.08 Å². The van der Waals surface area contributed by atoms with Crippen LogP contribution in [-0.2, 0) is 29.1 Å². The van der Waals surface area contributed by atoms with Crippen molar-refractivity contribution in [3.63, 3.8) is 0 Å². The van der Waals surface area contributed by atoms with Crippen LogP contribution in [0.4, 0.5) is 5.69 Å². The minimum Gasteiger partial charge on any atom is -0.335 e. The lowest BCUT2D eigenvalue weighted by atomic mass is 10.2. The molecule has 3 heterocycles. The molecule has 0 N–H and O–H groups in total. The minimum absolute atomic E-state index is 0.0743. The number of amides is 2. The van der Waals surface area contributed by atoms with Crippen LogP contribution >= 0.6 is 0 Å². The van der Waals surface area contributed by atoms with Crippen LogP contribution in [0, 0.1) is 0 Å². The summed E-state index contributed by atoms with van der Waals surface area (Å²) in [4.78, 5) is 27.8. The van der Waals surface area contributed by atoms with Gasteiger partial charge in [0.15, 0.2) is 5.82 Å². The molecule has 1 fully saturated rings. The van der Waals surface area contributed by atoms with Crippen LogP contribution in [0.3, 0.4) is 0 Å². The molecule has 0 unspecified atom stereocenters. The summed E-state index contributed by atoms with van der Waals surface area (Å²) in [6.07, 6.45) is 9.38. The van der Waals surface area contributed by atoms with Gasteiger partial charge in [0.2, 0.25) is 11.8 Å². The molecule has 0 saturated carbocycles. The van der Waals surface area contributed by atoms with E-state index in [2.05, 4.69) is 14.8 Å². The number of likely N-dealkylation sites (N-methyl/N-ethyl adjacent to an activating group) is 1. The molecular weight excluding hydrogens is 366 g/mol. The Hall–Kier alpha value is -2.96. The number of aromatic nitrogens is 3.